The quantitative estimate of drug-likeness (QED) is 0.819. The van der Waals surface area contributed by atoms with Gasteiger partial charge in [-0.1, -0.05) is 25.5 Å². The molecule has 0 radical (unpaired) electrons. The predicted octanol–water partition coefficient (Wildman–Crippen LogP) is 3.16. The van der Waals surface area contributed by atoms with Crippen LogP contribution in [-0.2, 0) is 4.79 Å². The summed E-state index contributed by atoms with van der Waals surface area (Å²) in [6.45, 7) is 2.58. The molecule has 0 spiro atoms. The summed E-state index contributed by atoms with van der Waals surface area (Å²) in [5.74, 6) is 0.882. The van der Waals surface area contributed by atoms with Crippen LogP contribution in [0.2, 0.25) is 0 Å². The lowest BCUT2D eigenvalue weighted by Crippen LogP contribution is -2.17. The highest BCUT2D eigenvalue weighted by molar-refractivity contribution is 5.95. The first-order chi connectivity index (χ1) is 10.2. The number of aliphatic carboxylic acids is 1. The third kappa shape index (κ3) is 3.62. The molecule has 1 heterocycles. The van der Waals surface area contributed by atoms with Crippen molar-refractivity contribution in [2.75, 3.05) is 19.0 Å². The van der Waals surface area contributed by atoms with Crippen molar-refractivity contribution in [3.63, 3.8) is 0 Å². The number of ether oxygens (including phenoxy) is 1. The van der Waals surface area contributed by atoms with Gasteiger partial charge >= 0.3 is 5.97 Å². The maximum Gasteiger partial charge on any atom is 0.303 e. The van der Waals surface area contributed by atoms with Gasteiger partial charge in [0.2, 0.25) is 0 Å². The molecule has 21 heavy (non-hydrogen) atoms. The van der Waals surface area contributed by atoms with Crippen LogP contribution in [0.5, 0.6) is 5.75 Å². The van der Waals surface area contributed by atoms with Crippen LogP contribution >= 0.6 is 0 Å². The van der Waals surface area contributed by atoms with Gasteiger partial charge < -0.3 is 15.2 Å². The van der Waals surface area contributed by atoms with E-state index in [9.17, 15) is 4.79 Å². The Bertz CT molecular complexity index is 628. The summed E-state index contributed by atoms with van der Waals surface area (Å²) in [5, 5.41) is 14.1. The highest BCUT2D eigenvalue weighted by atomic mass is 16.5. The van der Waals surface area contributed by atoms with E-state index in [-0.39, 0.29) is 12.3 Å². The number of pyridine rings is 1. The van der Waals surface area contributed by atoms with Gasteiger partial charge in [0.15, 0.2) is 0 Å². The minimum absolute atomic E-state index is 0.0881. The Morgan fingerprint density at radius 1 is 1.38 bits per heavy atom. The number of hydrogen-bond acceptors (Lipinski definition) is 4. The number of nitrogens with zero attached hydrogens (tertiary/aromatic N) is 1. The Labute approximate surface area is 124 Å². The minimum atomic E-state index is -0.767. The van der Waals surface area contributed by atoms with Crippen LogP contribution in [0.25, 0.3) is 10.8 Å². The molecular formula is C16H20N2O3. The van der Waals surface area contributed by atoms with Gasteiger partial charge in [0.25, 0.3) is 0 Å². The van der Waals surface area contributed by atoms with Gasteiger partial charge in [0.05, 0.1) is 7.11 Å². The summed E-state index contributed by atoms with van der Waals surface area (Å²) >= 11 is 0. The summed E-state index contributed by atoms with van der Waals surface area (Å²) in [7, 11) is 1.64. The van der Waals surface area contributed by atoms with Crippen molar-refractivity contribution in [1.82, 2.24) is 4.98 Å². The molecule has 0 bridgehead atoms. The van der Waals surface area contributed by atoms with E-state index in [1.807, 2.05) is 31.2 Å². The van der Waals surface area contributed by atoms with Gasteiger partial charge in [0.1, 0.15) is 11.6 Å². The van der Waals surface area contributed by atoms with E-state index in [0.29, 0.717) is 6.54 Å². The zero-order valence-corrected chi connectivity index (χ0v) is 12.3. The number of rotatable bonds is 7. The summed E-state index contributed by atoms with van der Waals surface area (Å²) < 4.78 is 5.35. The molecular weight excluding hydrogens is 268 g/mol. The number of carboxylic acid groups (broad SMARTS) is 1. The zero-order chi connectivity index (χ0) is 15.2. The summed E-state index contributed by atoms with van der Waals surface area (Å²) in [6.07, 6.45) is 2.70. The zero-order valence-electron chi connectivity index (χ0n) is 12.3. The van der Waals surface area contributed by atoms with Crippen LogP contribution in [-0.4, -0.2) is 29.7 Å². The van der Waals surface area contributed by atoms with Crippen LogP contribution in [0.3, 0.4) is 0 Å². The summed E-state index contributed by atoms with van der Waals surface area (Å²) in [4.78, 5) is 15.2. The Hall–Kier alpha value is -2.30. The normalized spacial score (nSPS) is 12.1. The maximum absolute atomic E-state index is 10.8. The Balaban J connectivity index is 2.20. The molecule has 0 saturated heterocycles. The van der Waals surface area contributed by atoms with Crippen LogP contribution in [0.1, 0.15) is 19.8 Å². The van der Waals surface area contributed by atoms with Crippen LogP contribution in [0.4, 0.5) is 5.82 Å². The molecule has 112 valence electrons. The second kappa shape index (κ2) is 6.92. The third-order valence-electron chi connectivity index (χ3n) is 3.58. The lowest BCUT2D eigenvalue weighted by Gasteiger charge is -2.15. The fraction of sp³-hybridized carbons (Fsp3) is 0.375. The van der Waals surface area contributed by atoms with Crippen molar-refractivity contribution in [1.29, 1.82) is 0 Å². The molecule has 0 aliphatic rings. The van der Waals surface area contributed by atoms with E-state index in [1.54, 1.807) is 13.3 Å². The number of anilines is 1. The standard InChI is InChI=1S/C16H20N2O3/c1-3-11(9-15(19)20)10-18-16-13-5-4-6-14(21-2)12(13)7-8-17-16/h4-8,11H,3,9-10H2,1-2H3,(H,17,18)(H,19,20). The maximum atomic E-state index is 10.8. The monoisotopic (exact) mass is 288 g/mol. The van der Waals surface area contributed by atoms with Crippen molar-refractivity contribution in [3.8, 4) is 5.75 Å². The molecule has 2 aromatic rings. The van der Waals surface area contributed by atoms with Gasteiger partial charge in [-0.2, -0.15) is 0 Å². The summed E-state index contributed by atoms with van der Waals surface area (Å²) in [6, 6.07) is 7.72. The number of hydrogen-bond donors (Lipinski definition) is 2. The Kier molecular flexibility index (Phi) is 4.98. The van der Waals surface area contributed by atoms with Crippen LogP contribution in [0.15, 0.2) is 30.5 Å². The van der Waals surface area contributed by atoms with Gasteiger partial charge in [0, 0.05) is 29.9 Å². The molecule has 2 rings (SSSR count). The van der Waals surface area contributed by atoms with Gasteiger partial charge in [-0.3, -0.25) is 4.79 Å². The lowest BCUT2D eigenvalue weighted by atomic mass is 10.0. The molecule has 1 aromatic heterocycles. The molecule has 0 amide bonds. The van der Waals surface area contributed by atoms with Gasteiger partial charge in [-0.05, 0) is 18.1 Å². The molecule has 1 atom stereocenters. The van der Waals surface area contributed by atoms with Crippen LogP contribution in [0, 0.1) is 5.92 Å². The highest BCUT2D eigenvalue weighted by Crippen LogP contribution is 2.29. The predicted molar refractivity (Wildman–Crippen MR) is 82.8 cm³/mol. The number of aromatic nitrogens is 1. The fourth-order valence-electron chi connectivity index (χ4n) is 2.35. The number of nitrogens with one attached hydrogen (secondary N) is 1. The number of methoxy groups -OCH3 is 1. The molecule has 2 N–H and O–H groups in total. The number of carboxylic acids is 1. The second-order valence-electron chi connectivity index (χ2n) is 4.97. The average Bonchev–Trinajstić information content (AvgIpc) is 2.50. The Morgan fingerprint density at radius 2 is 2.19 bits per heavy atom. The topological polar surface area (TPSA) is 71.5 Å². The highest BCUT2D eigenvalue weighted by Gasteiger charge is 2.12. The summed E-state index contributed by atoms with van der Waals surface area (Å²) in [5.41, 5.74) is 0. The van der Waals surface area contributed by atoms with E-state index in [4.69, 9.17) is 9.84 Å². The number of benzene rings is 1. The van der Waals surface area contributed by atoms with Crippen molar-refractivity contribution in [2.45, 2.75) is 19.8 Å². The molecule has 5 heteroatoms. The molecule has 0 aliphatic carbocycles. The minimum Gasteiger partial charge on any atom is -0.496 e. The van der Waals surface area contributed by atoms with Crippen molar-refractivity contribution in [3.05, 3.63) is 30.5 Å². The smallest absolute Gasteiger partial charge is 0.303 e. The average molecular weight is 288 g/mol. The van der Waals surface area contributed by atoms with E-state index in [1.165, 1.54) is 0 Å². The Morgan fingerprint density at radius 3 is 2.86 bits per heavy atom. The first kappa shape index (κ1) is 15.1. The van der Waals surface area contributed by atoms with Crippen molar-refractivity contribution < 1.29 is 14.6 Å². The first-order valence-electron chi connectivity index (χ1n) is 7.03. The molecule has 0 fully saturated rings. The van der Waals surface area contributed by atoms with Gasteiger partial charge in [-0.25, -0.2) is 4.98 Å². The molecule has 0 saturated carbocycles. The lowest BCUT2D eigenvalue weighted by molar-refractivity contribution is -0.138. The van der Waals surface area contributed by atoms with Crippen LogP contribution < -0.4 is 10.1 Å². The first-order valence-corrected chi connectivity index (χ1v) is 7.03. The SMILES string of the molecule is CCC(CNc1nccc2c(OC)cccc12)CC(=O)O. The van der Waals surface area contributed by atoms with Gasteiger partial charge in [-0.15, -0.1) is 0 Å². The molecule has 5 nitrogen and oxygen atoms in total. The third-order valence-corrected chi connectivity index (χ3v) is 3.58. The van der Waals surface area contributed by atoms with E-state index in [0.717, 1.165) is 28.8 Å². The number of fused-ring (bicyclic) bond motifs is 1. The number of carbonyl (C=O) groups is 1. The van der Waals surface area contributed by atoms with Crippen molar-refractivity contribution in [2.24, 2.45) is 5.92 Å². The fourth-order valence-corrected chi connectivity index (χ4v) is 2.35. The molecule has 1 unspecified atom stereocenters. The molecule has 1 aromatic carbocycles. The van der Waals surface area contributed by atoms with E-state index >= 15 is 0 Å². The van der Waals surface area contributed by atoms with E-state index in [2.05, 4.69) is 10.3 Å². The largest absolute Gasteiger partial charge is 0.496 e. The van der Waals surface area contributed by atoms with E-state index < -0.39 is 5.97 Å². The molecule has 0 aliphatic heterocycles. The van der Waals surface area contributed by atoms with Crippen molar-refractivity contribution >= 4 is 22.6 Å². The second-order valence-corrected chi connectivity index (χ2v) is 4.97.